The summed E-state index contributed by atoms with van der Waals surface area (Å²) < 4.78 is 4.86. The SMILES string of the molecule is COC(=O)[C@@H]1CC(N=[N+]=[N-])CN1C(=O)C(c1ccccc1)c1ccccc1. The number of carbonyl (C=O) groups excluding carboxylic acids is 2. The van der Waals surface area contributed by atoms with Crippen molar-refractivity contribution in [3.05, 3.63) is 82.2 Å². The molecule has 1 fully saturated rings. The zero-order valence-electron chi connectivity index (χ0n) is 14.9. The molecule has 0 spiro atoms. The van der Waals surface area contributed by atoms with Crippen molar-refractivity contribution in [1.82, 2.24) is 4.90 Å². The lowest BCUT2D eigenvalue weighted by Crippen LogP contribution is -2.43. The molecule has 0 saturated carbocycles. The number of likely N-dealkylation sites (tertiary alicyclic amines) is 1. The van der Waals surface area contributed by atoms with Gasteiger partial charge in [0.1, 0.15) is 6.04 Å². The number of azide groups is 1. The Bertz CT molecular complexity index is 811. The van der Waals surface area contributed by atoms with E-state index in [0.717, 1.165) is 11.1 Å². The fourth-order valence-electron chi connectivity index (χ4n) is 3.51. The number of carbonyl (C=O) groups is 2. The largest absolute Gasteiger partial charge is 0.467 e. The van der Waals surface area contributed by atoms with E-state index >= 15 is 0 Å². The first-order valence-electron chi connectivity index (χ1n) is 8.68. The van der Waals surface area contributed by atoms with Crippen LogP contribution in [0, 0.1) is 0 Å². The number of esters is 1. The lowest BCUT2D eigenvalue weighted by atomic mass is 9.90. The van der Waals surface area contributed by atoms with E-state index in [1.807, 2.05) is 60.7 Å². The van der Waals surface area contributed by atoms with E-state index in [4.69, 9.17) is 10.3 Å². The second kappa shape index (κ2) is 8.38. The molecule has 0 aromatic heterocycles. The standard InChI is InChI=1S/C20H20N4O3/c1-27-20(26)17-12-16(22-23-21)13-24(17)19(25)18(14-8-4-2-5-9-14)15-10-6-3-7-11-15/h2-11,16-18H,12-13H2,1H3/t16?,17-/m0/s1. The van der Waals surface area contributed by atoms with Crippen molar-refractivity contribution in [3.63, 3.8) is 0 Å². The highest BCUT2D eigenvalue weighted by atomic mass is 16.5. The van der Waals surface area contributed by atoms with E-state index in [1.165, 1.54) is 12.0 Å². The lowest BCUT2D eigenvalue weighted by Gasteiger charge is -2.28. The topological polar surface area (TPSA) is 95.4 Å². The summed E-state index contributed by atoms with van der Waals surface area (Å²) in [5.74, 6) is -1.26. The molecule has 7 nitrogen and oxygen atoms in total. The maximum atomic E-state index is 13.5. The van der Waals surface area contributed by atoms with Crippen LogP contribution in [0.15, 0.2) is 65.8 Å². The van der Waals surface area contributed by atoms with Crippen molar-refractivity contribution in [1.29, 1.82) is 0 Å². The molecular formula is C20H20N4O3. The Kier molecular flexibility index (Phi) is 5.74. The second-order valence-corrected chi connectivity index (χ2v) is 6.38. The fraction of sp³-hybridized carbons (Fsp3) is 0.300. The molecule has 138 valence electrons. The minimum Gasteiger partial charge on any atom is -0.467 e. The normalized spacial score (nSPS) is 18.8. The van der Waals surface area contributed by atoms with Crippen molar-refractivity contribution in [2.45, 2.75) is 24.4 Å². The van der Waals surface area contributed by atoms with Gasteiger partial charge in [-0.3, -0.25) is 4.79 Å². The Morgan fingerprint density at radius 3 is 2.15 bits per heavy atom. The fourth-order valence-corrected chi connectivity index (χ4v) is 3.51. The Labute approximate surface area is 157 Å². The van der Waals surface area contributed by atoms with E-state index in [2.05, 4.69) is 10.0 Å². The van der Waals surface area contributed by atoms with Crippen molar-refractivity contribution < 1.29 is 14.3 Å². The predicted octanol–water partition coefficient (Wildman–Crippen LogP) is 3.27. The summed E-state index contributed by atoms with van der Waals surface area (Å²) >= 11 is 0. The van der Waals surface area contributed by atoms with Crippen LogP contribution in [0.3, 0.4) is 0 Å². The molecule has 1 saturated heterocycles. The quantitative estimate of drug-likeness (QED) is 0.352. The summed E-state index contributed by atoms with van der Waals surface area (Å²) in [6.45, 7) is 0.193. The first kappa shape index (κ1) is 18.5. The number of methoxy groups -OCH3 is 1. The van der Waals surface area contributed by atoms with Gasteiger partial charge in [-0.25, -0.2) is 4.79 Å². The summed E-state index contributed by atoms with van der Waals surface area (Å²) in [6.07, 6.45) is 0.263. The van der Waals surface area contributed by atoms with Gasteiger partial charge in [-0.2, -0.15) is 0 Å². The highest BCUT2D eigenvalue weighted by Gasteiger charge is 2.42. The lowest BCUT2D eigenvalue weighted by molar-refractivity contribution is -0.151. The maximum Gasteiger partial charge on any atom is 0.328 e. The summed E-state index contributed by atoms with van der Waals surface area (Å²) in [7, 11) is 1.29. The number of amides is 1. The molecule has 1 aliphatic heterocycles. The van der Waals surface area contributed by atoms with Crippen LogP contribution in [0.4, 0.5) is 0 Å². The molecule has 0 N–H and O–H groups in total. The van der Waals surface area contributed by atoms with Gasteiger partial charge in [-0.15, -0.1) is 0 Å². The summed E-state index contributed by atoms with van der Waals surface area (Å²) in [5, 5.41) is 3.71. The molecule has 27 heavy (non-hydrogen) atoms. The van der Waals surface area contributed by atoms with Crippen LogP contribution >= 0.6 is 0 Å². The first-order chi connectivity index (χ1) is 13.2. The average Bonchev–Trinajstić information content (AvgIpc) is 3.13. The highest BCUT2D eigenvalue weighted by Crippen LogP contribution is 2.31. The zero-order chi connectivity index (χ0) is 19.2. The molecule has 7 heteroatoms. The Balaban J connectivity index is 2.00. The number of ether oxygens (including phenoxy) is 1. The van der Waals surface area contributed by atoms with Crippen LogP contribution in [0.25, 0.3) is 10.4 Å². The van der Waals surface area contributed by atoms with Crippen LogP contribution in [0.5, 0.6) is 0 Å². The summed E-state index contributed by atoms with van der Waals surface area (Å²) in [5.41, 5.74) is 10.4. The third-order valence-corrected chi connectivity index (χ3v) is 4.76. The average molecular weight is 364 g/mol. The summed E-state index contributed by atoms with van der Waals surface area (Å²) in [6, 6.07) is 17.7. The highest BCUT2D eigenvalue weighted by molar-refractivity contribution is 5.91. The van der Waals surface area contributed by atoms with Crippen molar-refractivity contribution >= 4 is 11.9 Å². The molecule has 0 aliphatic carbocycles. The van der Waals surface area contributed by atoms with Gasteiger partial charge in [-0.1, -0.05) is 65.8 Å². The van der Waals surface area contributed by atoms with E-state index in [1.54, 1.807) is 0 Å². The van der Waals surface area contributed by atoms with Crippen LogP contribution < -0.4 is 0 Å². The number of nitrogens with zero attached hydrogens (tertiary/aromatic N) is 4. The Morgan fingerprint density at radius 2 is 1.67 bits per heavy atom. The van der Waals surface area contributed by atoms with Crippen molar-refractivity contribution in [2.24, 2.45) is 5.11 Å². The van der Waals surface area contributed by atoms with E-state index in [-0.39, 0.29) is 18.9 Å². The van der Waals surface area contributed by atoms with Crippen LogP contribution in [0.2, 0.25) is 0 Å². The molecule has 3 rings (SSSR count). The van der Waals surface area contributed by atoms with Crippen LogP contribution in [-0.4, -0.2) is 42.5 Å². The minimum absolute atomic E-state index is 0.193. The molecule has 2 aromatic rings. The Morgan fingerprint density at radius 1 is 1.11 bits per heavy atom. The van der Waals surface area contributed by atoms with Gasteiger partial charge < -0.3 is 9.64 Å². The van der Waals surface area contributed by atoms with Gasteiger partial charge in [-0.05, 0) is 23.1 Å². The van der Waals surface area contributed by atoms with Gasteiger partial charge in [0.05, 0.1) is 19.1 Å². The molecule has 0 bridgehead atoms. The molecule has 2 aromatic carbocycles. The number of hydrogen-bond acceptors (Lipinski definition) is 4. The first-order valence-corrected chi connectivity index (χ1v) is 8.68. The molecule has 1 unspecified atom stereocenters. The zero-order valence-corrected chi connectivity index (χ0v) is 14.9. The molecule has 1 amide bonds. The van der Waals surface area contributed by atoms with Gasteiger partial charge in [0, 0.05) is 11.5 Å². The number of rotatable bonds is 5. The van der Waals surface area contributed by atoms with Crippen LogP contribution in [0.1, 0.15) is 23.5 Å². The maximum absolute atomic E-state index is 13.5. The monoisotopic (exact) mass is 364 g/mol. The number of benzene rings is 2. The van der Waals surface area contributed by atoms with Gasteiger partial charge in [0.15, 0.2) is 0 Å². The van der Waals surface area contributed by atoms with Gasteiger partial charge in [0.25, 0.3) is 0 Å². The molecule has 0 radical (unpaired) electrons. The third-order valence-electron chi connectivity index (χ3n) is 4.76. The molecule has 1 heterocycles. The minimum atomic E-state index is -0.757. The van der Waals surface area contributed by atoms with Crippen molar-refractivity contribution in [3.8, 4) is 0 Å². The van der Waals surface area contributed by atoms with E-state index in [9.17, 15) is 9.59 Å². The molecule has 1 aliphatic rings. The smallest absolute Gasteiger partial charge is 0.328 e. The predicted molar refractivity (Wildman–Crippen MR) is 99.8 cm³/mol. The molecular weight excluding hydrogens is 344 g/mol. The van der Waals surface area contributed by atoms with Gasteiger partial charge >= 0.3 is 5.97 Å². The van der Waals surface area contributed by atoms with Crippen LogP contribution in [-0.2, 0) is 14.3 Å². The van der Waals surface area contributed by atoms with Gasteiger partial charge in [0.2, 0.25) is 5.91 Å². The number of hydrogen-bond donors (Lipinski definition) is 0. The Hall–Kier alpha value is -3.31. The van der Waals surface area contributed by atoms with Crippen molar-refractivity contribution in [2.75, 3.05) is 13.7 Å². The molecule has 2 atom stereocenters. The third kappa shape index (κ3) is 3.93. The summed E-state index contributed by atoms with van der Waals surface area (Å²) in [4.78, 5) is 30.0. The second-order valence-electron chi connectivity index (χ2n) is 6.38. The van der Waals surface area contributed by atoms with E-state index in [0.29, 0.717) is 0 Å². The van der Waals surface area contributed by atoms with E-state index < -0.39 is 24.0 Å².